The lowest BCUT2D eigenvalue weighted by molar-refractivity contribution is 0.0924. The van der Waals surface area contributed by atoms with Gasteiger partial charge in [0.05, 0.1) is 12.2 Å². The molecule has 0 saturated heterocycles. The lowest BCUT2D eigenvalue weighted by atomic mass is 10.1. The van der Waals surface area contributed by atoms with Gasteiger partial charge < -0.3 is 9.73 Å². The summed E-state index contributed by atoms with van der Waals surface area (Å²) in [4.78, 5) is 27.9. The molecule has 0 bridgehead atoms. The van der Waals surface area contributed by atoms with Crippen molar-refractivity contribution in [3.05, 3.63) is 65.2 Å². The van der Waals surface area contributed by atoms with Crippen LogP contribution in [-0.4, -0.2) is 16.7 Å². The summed E-state index contributed by atoms with van der Waals surface area (Å²) in [6.45, 7) is 3.56. The zero-order valence-corrected chi connectivity index (χ0v) is 12.9. The van der Waals surface area contributed by atoms with Crippen LogP contribution >= 0.6 is 0 Å². The van der Waals surface area contributed by atoms with Crippen molar-refractivity contribution in [3.63, 3.8) is 0 Å². The fourth-order valence-electron chi connectivity index (χ4n) is 2.44. The Morgan fingerprint density at radius 3 is 2.65 bits per heavy atom. The minimum absolute atomic E-state index is 0.0205. The number of amides is 1. The zero-order chi connectivity index (χ0) is 16.4. The third-order valence-electron chi connectivity index (χ3n) is 3.60. The quantitative estimate of drug-likeness (QED) is 0.751. The topological polar surface area (TPSA) is 72.2 Å². The lowest BCUT2D eigenvalue weighted by Gasteiger charge is -2.06. The van der Waals surface area contributed by atoms with Crippen molar-refractivity contribution in [3.8, 4) is 0 Å². The molecule has 0 fully saturated rings. The smallest absolute Gasteiger partial charge is 0.287 e. The number of hydrogen-bond donors (Lipinski definition) is 1. The van der Waals surface area contributed by atoms with Crippen molar-refractivity contribution in [2.24, 2.45) is 0 Å². The first-order chi connectivity index (χ1) is 11.0. The van der Waals surface area contributed by atoms with E-state index in [4.69, 9.17) is 4.42 Å². The van der Waals surface area contributed by atoms with Crippen LogP contribution in [0, 0.1) is 6.92 Å². The monoisotopic (exact) mass is 308 g/mol. The number of carbonyl (C=O) groups is 2. The van der Waals surface area contributed by atoms with Gasteiger partial charge >= 0.3 is 0 Å². The molecule has 2 aromatic heterocycles. The van der Waals surface area contributed by atoms with Crippen molar-refractivity contribution in [2.75, 3.05) is 0 Å². The van der Waals surface area contributed by atoms with Gasteiger partial charge in [0, 0.05) is 16.6 Å². The van der Waals surface area contributed by atoms with Crippen LogP contribution in [0.2, 0.25) is 0 Å². The molecule has 0 saturated carbocycles. The molecule has 3 rings (SSSR count). The van der Waals surface area contributed by atoms with Crippen molar-refractivity contribution in [2.45, 2.75) is 20.4 Å². The molecular formula is C18H16N2O3. The molecule has 5 heteroatoms. The standard InChI is InChI=1S/C18H16N2O3/c1-11-15(12(2)21)8-7-14(20-11)10-19-18(22)17-9-13-5-3-4-6-16(13)23-17/h3-9H,10H2,1-2H3,(H,19,22). The van der Waals surface area contributed by atoms with E-state index in [-0.39, 0.29) is 24.0 Å². The molecule has 23 heavy (non-hydrogen) atoms. The Balaban J connectivity index is 1.71. The predicted molar refractivity (Wildman–Crippen MR) is 86.4 cm³/mol. The fourth-order valence-corrected chi connectivity index (χ4v) is 2.44. The highest BCUT2D eigenvalue weighted by Gasteiger charge is 2.12. The maximum absolute atomic E-state index is 12.2. The van der Waals surface area contributed by atoms with Crippen LogP contribution in [0.5, 0.6) is 0 Å². The molecule has 1 amide bonds. The maximum atomic E-state index is 12.2. The molecule has 0 aliphatic rings. The molecule has 1 aromatic carbocycles. The van der Waals surface area contributed by atoms with Gasteiger partial charge in [-0.3, -0.25) is 14.6 Å². The third-order valence-corrected chi connectivity index (χ3v) is 3.60. The Morgan fingerprint density at radius 2 is 1.96 bits per heavy atom. The van der Waals surface area contributed by atoms with E-state index in [9.17, 15) is 9.59 Å². The van der Waals surface area contributed by atoms with Gasteiger partial charge in [-0.1, -0.05) is 18.2 Å². The number of benzene rings is 1. The molecule has 0 atom stereocenters. The number of para-hydroxylation sites is 1. The first kappa shape index (κ1) is 15.0. The van der Waals surface area contributed by atoms with E-state index in [1.54, 1.807) is 25.1 Å². The van der Waals surface area contributed by atoms with Gasteiger partial charge in [-0.15, -0.1) is 0 Å². The van der Waals surface area contributed by atoms with Gasteiger partial charge in [-0.25, -0.2) is 0 Å². The summed E-state index contributed by atoms with van der Waals surface area (Å²) in [6.07, 6.45) is 0. The van der Waals surface area contributed by atoms with Gasteiger partial charge in [0.1, 0.15) is 5.58 Å². The number of fused-ring (bicyclic) bond motifs is 1. The predicted octanol–water partition coefficient (Wildman–Crippen LogP) is 3.27. The number of carbonyl (C=O) groups excluding carboxylic acids is 2. The number of aryl methyl sites for hydroxylation is 1. The van der Waals surface area contributed by atoms with Gasteiger partial charge in [0.25, 0.3) is 5.91 Å². The number of nitrogens with zero attached hydrogens (tertiary/aromatic N) is 1. The van der Waals surface area contributed by atoms with Crippen LogP contribution in [0.25, 0.3) is 11.0 Å². The van der Waals surface area contributed by atoms with Crippen LogP contribution in [0.15, 0.2) is 46.9 Å². The van der Waals surface area contributed by atoms with E-state index >= 15 is 0 Å². The first-order valence-electron chi connectivity index (χ1n) is 7.29. The summed E-state index contributed by atoms with van der Waals surface area (Å²) < 4.78 is 5.52. The van der Waals surface area contributed by atoms with E-state index in [2.05, 4.69) is 10.3 Å². The number of hydrogen-bond acceptors (Lipinski definition) is 4. The van der Waals surface area contributed by atoms with Crippen LogP contribution in [-0.2, 0) is 6.54 Å². The molecule has 116 valence electrons. The number of pyridine rings is 1. The SMILES string of the molecule is CC(=O)c1ccc(CNC(=O)c2cc3ccccc3o2)nc1C. The number of ketones is 1. The highest BCUT2D eigenvalue weighted by atomic mass is 16.3. The largest absolute Gasteiger partial charge is 0.451 e. The average molecular weight is 308 g/mol. The molecule has 0 aliphatic carbocycles. The Bertz CT molecular complexity index is 863. The minimum atomic E-state index is -0.295. The summed E-state index contributed by atoms with van der Waals surface area (Å²) in [5, 5.41) is 3.66. The Labute approximate surface area is 133 Å². The lowest BCUT2D eigenvalue weighted by Crippen LogP contribution is -2.23. The van der Waals surface area contributed by atoms with E-state index in [1.807, 2.05) is 24.3 Å². The number of furan rings is 1. The summed E-state index contributed by atoms with van der Waals surface area (Å²) in [6, 6.07) is 12.6. The summed E-state index contributed by atoms with van der Waals surface area (Å²) >= 11 is 0. The molecule has 0 spiro atoms. The molecule has 1 N–H and O–H groups in total. The number of aromatic nitrogens is 1. The highest BCUT2D eigenvalue weighted by Crippen LogP contribution is 2.18. The van der Waals surface area contributed by atoms with E-state index < -0.39 is 0 Å². The fraction of sp³-hybridized carbons (Fsp3) is 0.167. The molecule has 0 unspecified atom stereocenters. The second-order valence-electron chi connectivity index (χ2n) is 5.32. The second kappa shape index (κ2) is 6.04. The van der Waals surface area contributed by atoms with Crippen LogP contribution in [0.3, 0.4) is 0 Å². The zero-order valence-electron chi connectivity index (χ0n) is 12.9. The average Bonchev–Trinajstić information content (AvgIpc) is 2.96. The molecular weight excluding hydrogens is 292 g/mol. The van der Waals surface area contributed by atoms with Crippen LogP contribution < -0.4 is 5.32 Å². The van der Waals surface area contributed by atoms with Crippen molar-refractivity contribution >= 4 is 22.7 Å². The number of Topliss-reactive ketones (excluding diaryl/α,β-unsaturated/α-hetero) is 1. The molecule has 5 nitrogen and oxygen atoms in total. The maximum Gasteiger partial charge on any atom is 0.287 e. The summed E-state index contributed by atoms with van der Waals surface area (Å²) in [5.74, 6) is -0.0487. The van der Waals surface area contributed by atoms with Gasteiger partial charge in [0.15, 0.2) is 11.5 Å². The number of rotatable bonds is 4. The Hall–Kier alpha value is -2.95. The van der Waals surface area contributed by atoms with E-state index in [0.717, 1.165) is 5.39 Å². The van der Waals surface area contributed by atoms with Gasteiger partial charge in [-0.05, 0) is 38.1 Å². The summed E-state index contributed by atoms with van der Waals surface area (Å²) in [7, 11) is 0. The summed E-state index contributed by atoms with van der Waals surface area (Å²) in [5.41, 5.74) is 2.62. The third kappa shape index (κ3) is 3.13. The van der Waals surface area contributed by atoms with Gasteiger partial charge in [0.2, 0.25) is 0 Å². The highest BCUT2D eigenvalue weighted by molar-refractivity contribution is 5.96. The van der Waals surface area contributed by atoms with Crippen LogP contribution in [0.4, 0.5) is 0 Å². The molecule has 0 aliphatic heterocycles. The molecule has 0 radical (unpaired) electrons. The minimum Gasteiger partial charge on any atom is -0.451 e. The Morgan fingerprint density at radius 1 is 1.17 bits per heavy atom. The molecule has 2 heterocycles. The van der Waals surface area contributed by atoms with Crippen LogP contribution in [0.1, 0.15) is 39.2 Å². The van der Waals surface area contributed by atoms with E-state index in [1.165, 1.54) is 6.92 Å². The normalized spacial score (nSPS) is 10.7. The van der Waals surface area contributed by atoms with Crippen molar-refractivity contribution in [1.82, 2.24) is 10.3 Å². The first-order valence-corrected chi connectivity index (χ1v) is 7.29. The van der Waals surface area contributed by atoms with Crippen molar-refractivity contribution in [1.29, 1.82) is 0 Å². The number of nitrogens with one attached hydrogen (secondary N) is 1. The Kier molecular flexibility index (Phi) is 3.93. The van der Waals surface area contributed by atoms with Crippen molar-refractivity contribution < 1.29 is 14.0 Å². The molecule has 3 aromatic rings. The van der Waals surface area contributed by atoms with Gasteiger partial charge in [-0.2, -0.15) is 0 Å². The second-order valence-corrected chi connectivity index (χ2v) is 5.32. The van der Waals surface area contributed by atoms with E-state index in [0.29, 0.717) is 22.5 Å².